The number of aliphatic hydroxyl groups is 1. The van der Waals surface area contributed by atoms with E-state index in [1.165, 1.54) is 18.5 Å². The molecule has 0 spiro atoms. The molecule has 1 amide bonds. The summed E-state index contributed by atoms with van der Waals surface area (Å²) in [6, 6.07) is 1.94. The maximum atomic E-state index is 16.1. The number of carbonyl (C=O) groups is 1. The standard InChI is InChI=1S/C29H31F3N6O2/c1-15-11-35-26(21-8-9-33-28(36-21)29(3,40)17-4-5-17)25(32)24(15)27(39)37-13-19-6-7-23(16(37)2)38(19)14-22-20(31)10-18(30)12-34-22/h8-12,16-17,19,23,40H,4-7,13-14H2,1-3H3/t16-,19-,23+,29+/m1/s1. The minimum Gasteiger partial charge on any atom is -0.382 e. The van der Waals surface area contributed by atoms with E-state index in [2.05, 4.69) is 24.8 Å². The summed E-state index contributed by atoms with van der Waals surface area (Å²) in [7, 11) is 0. The number of amides is 1. The summed E-state index contributed by atoms with van der Waals surface area (Å²) in [6.45, 7) is 5.78. The third-order valence-electron chi connectivity index (χ3n) is 8.77. The topological polar surface area (TPSA) is 95.3 Å². The molecule has 1 N–H and O–H groups in total. The Hall–Kier alpha value is -3.44. The van der Waals surface area contributed by atoms with Gasteiger partial charge in [-0.1, -0.05) is 0 Å². The first kappa shape index (κ1) is 26.8. The second-order valence-electron chi connectivity index (χ2n) is 11.4. The van der Waals surface area contributed by atoms with Crippen LogP contribution < -0.4 is 0 Å². The van der Waals surface area contributed by atoms with Crippen LogP contribution in [0.5, 0.6) is 0 Å². The number of piperazine rings is 1. The largest absolute Gasteiger partial charge is 0.382 e. The Labute approximate surface area is 230 Å². The van der Waals surface area contributed by atoms with Crippen molar-refractivity contribution in [1.29, 1.82) is 0 Å². The van der Waals surface area contributed by atoms with E-state index in [0.29, 0.717) is 12.1 Å². The summed E-state index contributed by atoms with van der Waals surface area (Å²) in [5.41, 5.74) is -0.595. The molecular formula is C29H31F3N6O2. The second-order valence-corrected chi connectivity index (χ2v) is 11.4. The minimum absolute atomic E-state index is 0.0570. The summed E-state index contributed by atoms with van der Waals surface area (Å²) in [5.74, 6) is -2.36. The number of aromatic nitrogens is 4. The number of halogens is 3. The van der Waals surface area contributed by atoms with Crippen LogP contribution in [0.1, 0.15) is 67.0 Å². The van der Waals surface area contributed by atoms with Gasteiger partial charge in [-0.15, -0.1) is 0 Å². The fourth-order valence-electron chi connectivity index (χ4n) is 6.25. The Bertz CT molecular complexity index is 1480. The van der Waals surface area contributed by atoms with E-state index < -0.39 is 29.0 Å². The molecule has 5 heterocycles. The van der Waals surface area contributed by atoms with Crippen molar-refractivity contribution in [2.75, 3.05) is 6.54 Å². The molecule has 1 aliphatic carbocycles. The second kappa shape index (κ2) is 9.88. The van der Waals surface area contributed by atoms with Crippen LogP contribution in [0.3, 0.4) is 0 Å². The first-order valence-corrected chi connectivity index (χ1v) is 13.6. The van der Waals surface area contributed by atoms with Crippen molar-refractivity contribution in [1.82, 2.24) is 29.7 Å². The molecule has 3 aromatic rings. The Balaban J connectivity index is 1.27. The van der Waals surface area contributed by atoms with Crippen molar-refractivity contribution in [2.45, 2.75) is 76.7 Å². The molecule has 8 nitrogen and oxygen atoms in total. The van der Waals surface area contributed by atoms with Gasteiger partial charge >= 0.3 is 0 Å². The molecule has 40 heavy (non-hydrogen) atoms. The van der Waals surface area contributed by atoms with Crippen molar-refractivity contribution in [3.63, 3.8) is 0 Å². The van der Waals surface area contributed by atoms with Crippen molar-refractivity contribution < 1.29 is 23.1 Å². The lowest BCUT2D eigenvalue weighted by Gasteiger charge is -2.45. The van der Waals surface area contributed by atoms with Crippen LogP contribution in [0.25, 0.3) is 11.4 Å². The molecule has 2 saturated heterocycles. The van der Waals surface area contributed by atoms with E-state index in [4.69, 9.17) is 0 Å². The minimum atomic E-state index is -1.23. The zero-order valence-electron chi connectivity index (χ0n) is 22.6. The van der Waals surface area contributed by atoms with Gasteiger partial charge in [-0.05, 0) is 64.0 Å². The average molecular weight is 553 g/mol. The van der Waals surface area contributed by atoms with Crippen LogP contribution in [0.4, 0.5) is 13.2 Å². The Morgan fingerprint density at radius 3 is 2.62 bits per heavy atom. The lowest BCUT2D eigenvalue weighted by molar-refractivity contribution is 0.0158. The molecule has 0 unspecified atom stereocenters. The highest BCUT2D eigenvalue weighted by Gasteiger charge is 2.47. The van der Waals surface area contributed by atoms with Crippen LogP contribution in [0, 0.1) is 30.3 Å². The summed E-state index contributed by atoms with van der Waals surface area (Å²) < 4.78 is 43.8. The van der Waals surface area contributed by atoms with E-state index in [9.17, 15) is 18.7 Å². The van der Waals surface area contributed by atoms with Crippen molar-refractivity contribution in [3.05, 3.63) is 70.8 Å². The Morgan fingerprint density at radius 1 is 1.12 bits per heavy atom. The fraction of sp³-hybridized carbons (Fsp3) is 0.483. The first-order chi connectivity index (χ1) is 19.1. The summed E-state index contributed by atoms with van der Waals surface area (Å²) in [4.78, 5) is 34.5. The van der Waals surface area contributed by atoms with Gasteiger partial charge < -0.3 is 10.0 Å². The molecule has 6 rings (SSSR count). The number of rotatable bonds is 6. The molecule has 210 valence electrons. The highest BCUT2D eigenvalue weighted by atomic mass is 19.1. The monoisotopic (exact) mass is 552 g/mol. The van der Waals surface area contributed by atoms with Crippen LogP contribution >= 0.6 is 0 Å². The molecule has 11 heteroatoms. The maximum absolute atomic E-state index is 16.1. The molecule has 3 aromatic heterocycles. The summed E-state index contributed by atoms with van der Waals surface area (Å²) >= 11 is 0. The number of hydrogen-bond donors (Lipinski definition) is 1. The molecule has 2 aliphatic heterocycles. The normalized spacial score (nSPS) is 24.3. The van der Waals surface area contributed by atoms with Gasteiger partial charge in [0, 0.05) is 49.7 Å². The zero-order chi connectivity index (χ0) is 28.3. The predicted octanol–water partition coefficient (Wildman–Crippen LogP) is 4.15. The van der Waals surface area contributed by atoms with Crippen molar-refractivity contribution >= 4 is 5.91 Å². The fourth-order valence-corrected chi connectivity index (χ4v) is 6.25. The molecule has 2 bridgehead atoms. The van der Waals surface area contributed by atoms with Gasteiger partial charge in [0.2, 0.25) is 0 Å². The van der Waals surface area contributed by atoms with Gasteiger partial charge in [-0.2, -0.15) is 0 Å². The van der Waals surface area contributed by atoms with Gasteiger partial charge in [-0.25, -0.2) is 23.1 Å². The van der Waals surface area contributed by atoms with E-state index in [1.54, 1.807) is 18.7 Å². The highest BCUT2D eigenvalue weighted by Crippen LogP contribution is 2.44. The number of fused-ring (bicyclic) bond motifs is 2. The lowest BCUT2D eigenvalue weighted by atomic mass is 9.99. The number of carbonyl (C=O) groups excluding carboxylic acids is 1. The summed E-state index contributed by atoms with van der Waals surface area (Å²) in [6.07, 6.45) is 7.28. The summed E-state index contributed by atoms with van der Waals surface area (Å²) in [5, 5.41) is 10.9. The number of aryl methyl sites for hydroxylation is 1. The molecule has 3 aliphatic rings. The smallest absolute Gasteiger partial charge is 0.257 e. The third-order valence-corrected chi connectivity index (χ3v) is 8.77. The molecule has 0 radical (unpaired) electrons. The van der Waals surface area contributed by atoms with E-state index in [-0.39, 0.29) is 59.1 Å². The van der Waals surface area contributed by atoms with Gasteiger partial charge in [-0.3, -0.25) is 19.7 Å². The van der Waals surface area contributed by atoms with E-state index >= 15 is 4.39 Å². The van der Waals surface area contributed by atoms with E-state index in [0.717, 1.165) is 37.9 Å². The average Bonchev–Trinajstić information content (AvgIpc) is 3.73. The van der Waals surface area contributed by atoms with Gasteiger partial charge in [0.1, 0.15) is 22.9 Å². The first-order valence-electron chi connectivity index (χ1n) is 13.6. The highest BCUT2D eigenvalue weighted by molar-refractivity contribution is 5.97. The maximum Gasteiger partial charge on any atom is 0.257 e. The van der Waals surface area contributed by atoms with Crippen LogP contribution in [0.15, 0.2) is 30.7 Å². The van der Waals surface area contributed by atoms with Gasteiger partial charge in [0.05, 0.1) is 23.1 Å². The lowest BCUT2D eigenvalue weighted by Crippen LogP contribution is -2.60. The molecular weight excluding hydrogens is 521 g/mol. The van der Waals surface area contributed by atoms with Gasteiger partial charge in [0.25, 0.3) is 5.91 Å². The van der Waals surface area contributed by atoms with Crippen LogP contribution in [0.2, 0.25) is 0 Å². The van der Waals surface area contributed by atoms with Crippen LogP contribution in [-0.4, -0.2) is 65.4 Å². The number of nitrogens with zero attached hydrogens (tertiary/aromatic N) is 6. The molecule has 3 fully saturated rings. The Morgan fingerprint density at radius 2 is 1.90 bits per heavy atom. The molecule has 4 atom stereocenters. The molecule has 0 aromatic carbocycles. The van der Waals surface area contributed by atoms with Crippen molar-refractivity contribution in [3.8, 4) is 11.4 Å². The quantitative estimate of drug-likeness (QED) is 0.491. The number of hydrogen-bond acceptors (Lipinski definition) is 7. The van der Waals surface area contributed by atoms with Crippen molar-refractivity contribution in [2.24, 2.45) is 5.92 Å². The Kier molecular flexibility index (Phi) is 6.61. The van der Waals surface area contributed by atoms with E-state index in [1.807, 2.05) is 6.92 Å². The predicted molar refractivity (Wildman–Crippen MR) is 139 cm³/mol. The number of likely N-dealkylation sites (tertiary alicyclic amines) is 1. The van der Waals surface area contributed by atoms with Gasteiger partial charge in [0.15, 0.2) is 11.6 Å². The van der Waals surface area contributed by atoms with Crippen LogP contribution in [-0.2, 0) is 12.1 Å². The number of pyridine rings is 2. The zero-order valence-corrected chi connectivity index (χ0v) is 22.6. The SMILES string of the molecule is Cc1cnc(-c2ccnc([C@@](C)(O)C3CC3)n2)c(F)c1C(=O)N1C[C@H]2CC[C@@H]([C@H]1C)N2Cc1ncc(F)cc1F. The molecule has 1 saturated carbocycles. The third kappa shape index (κ3) is 4.54.